The van der Waals surface area contributed by atoms with Gasteiger partial charge in [-0.15, -0.1) is 0 Å². The van der Waals surface area contributed by atoms with Crippen LogP contribution in [0.1, 0.15) is 5.56 Å². The molecule has 22 heavy (non-hydrogen) atoms. The molecule has 0 saturated carbocycles. The van der Waals surface area contributed by atoms with Crippen LogP contribution >= 0.6 is 15.9 Å². The van der Waals surface area contributed by atoms with Gasteiger partial charge in [-0.2, -0.15) is 0 Å². The number of hydrogen-bond donors (Lipinski definition) is 2. The van der Waals surface area contributed by atoms with Crippen LogP contribution in [0.3, 0.4) is 0 Å². The first-order valence-electron chi connectivity index (χ1n) is 6.60. The van der Waals surface area contributed by atoms with Crippen molar-refractivity contribution in [2.75, 3.05) is 11.9 Å². The van der Waals surface area contributed by atoms with E-state index in [1.165, 1.54) is 24.3 Å². The van der Waals surface area contributed by atoms with E-state index in [9.17, 15) is 14.0 Å². The van der Waals surface area contributed by atoms with Crippen LogP contribution in [0.25, 0.3) is 0 Å². The van der Waals surface area contributed by atoms with Crippen LogP contribution in [-0.2, 0) is 16.0 Å². The highest BCUT2D eigenvalue weighted by molar-refractivity contribution is 9.10. The summed E-state index contributed by atoms with van der Waals surface area (Å²) in [4.78, 5) is 23.5. The number of nitrogens with one attached hydrogen (secondary N) is 2. The molecule has 0 aromatic heterocycles. The molecule has 2 aromatic rings. The van der Waals surface area contributed by atoms with Gasteiger partial charge in [-0.1, -0.05) is 24.3 Å². The molecule has 0 saturated heterocycles. The molecule has 114 valence electrons. The van der Waals surface area contributed by atoms with Crippen molar-refractivity contribution >= 4 is 33.4 Å². The summed E-state index contributed by atoms with van der Waals surface area (Å²) >= 11 is 3.32. The SMILES string of the molecule is O=C(Cc1ccc(F)cc1)NCC(=O)Nc1ccccc1Br. The number of rotatable bonds is 5. The van der Waals surface area contributed by atoms with Gasteiger partial charge in [0.1, 0.15) is 5.82 Å². The molecule has 0 bridgehead atoms. The van der Waals surface area contributed by atoms with Crippen LogP contribution in [0.15, 0.2) is 53.0 Å². The number of anilines is 1. The van der Waals surface area contributed by atoms with Crippen LogP contribution in [0.4, 0.5) is 10.1 Å². The summed E-state index contributed by atoms with van der Waals surface area (Å²) in [6.45, 7) is -0.124. The lowest BCUT2D eigenvalue weighted by molar-refractivity contribution is -0.123. The fourth-order valence-electron chi connectivity index (χ4n) is 1.79. The van der Waals surface area contributed by atoms with Gasteiger partial charge in [0.05, 0.1) is 18.7 Å². The van der Waals surface area contributed by atoms with Crippen molar-refractivity contribution in [3.63, 3.8) is 0 Å². The van der Waals surface area contributed by atoms with Gasteiger partial charge in [-0.3, -0.25) is 9.59 Å². The standard InChI is InChI=1S/C16H14BrFN2O2/c17-13-3-1-2-4-14(13)20-16(22)10-19-15(21)9-11-5-7-12(18)8-6-11/h1-8H,9-10H2,(H,19,21)(H,20,22). The molecule has 2 N–H and O–H groups in total. The number of hydrogen-bond acceptors (Lipinski definition) is 2. The zero-order valence-electron chi connectivity index (χ0n) is 11.6. The van der Waals surface area contributed by atoms with Gasteiger partial charge in [0.2, 0.25) is 11.8 Å². The average molecular weight is 365 g/mol. The molecule has 0 fully saturated rings. The molecule has 0 atom stereocenters. The molecule has 0 unspecified atom stereocenters. The molecule has 4 nitrogen and oxygen atoms in total. The van der Waals surface area contributed by atoms with Gasteiger partial charge < -0.3 is 10.6 Å². The minimum Gasteiger partial charge on any atom is -0.347 e. The Morgan fingerprint density at radius 3 is 2.36 bits per heavy atom. The zero-order valence-corrected chi connectivity index (χ0v) is 13.2. The molecule has 2 amide bonds. The molecule has 0 aliphatic carbocycles. The summed E-state index contributed by atoms with van der Waals surface area (Å²) < 4.78 is 13.5. The number of halogens is 2. The molecule has 2 aromatic carbocycles. The number of benzene rings is 2. The lowest BCUT2D eigenvalue weighted by Gasteiger charge is -2.08. The molecule has 0 spiro atoms. The van der Waals surface area contributed by atoms with Crippen molar-refractivity contribution in [2.45, 2.75) is 6.42 Å². The van der Waals surface area contributed by atoms with Crippen LogP contribution in [0.2, 0.25) is 0 Å². The molecule has 0 aliphatic heterocycles. The second kappa shape index (κ2) is 7.70. The smallest absolute Gasteiger partial charge is 0.243 e. The van der Waals surface area contributed by atoms with Crippen molar-refractivity contribution in [1.29, 1.82) is 0 Å². The summed E-state index contributed by atoms with van der Waals surface area (Å²) in [5, 5.41) is 5.21. The highest BCUT2D eigenvalue weighted by atomic mass is 79.9. The van der Waals surface area contributed by atoms with E-state index in [-0.39, 0.29) is 30.6 Å². The second-order valence-corrected chi connectivity index (χ2v) is 5.46. The third kappa shape index (κ3) is 4.96. The third-order valence-electron chi connectivity index (χ3n) is 2.87. The zero-order chi connectivity index (χ0) is 15.9. The molecular formula is C16H14BrFN2O2. The fourth-order valence-corrected chi connectivity index (χ4v) is 2.17. The highest BCUT2D eigenvalue weighted by Crippen LogP contribution is 2.20. The molecule has 6 heteroatoms. The average Bonchev–Trinajstić information content (AvgIpc) is 2.50. The monoisotopic (exact) mass is 364 g/mol. The Morgan fingerprint density at radius 1 is 1.00 bits per heavy atom. The Hall–Kier alpha value is -2.21. The number of para-hydroxylation sites is 1. The van der Waals surface area contributed by atoms with E-state index in [4.69, 9.17) is 0 Å². The first-order chi connectivity index (χ1) is 10.5. The molecule has 0 aliphatic rings. The van der Waals surface area contributed by atoms with Crippen LogP contribution < -0.4 is 10.6 Å². The Labute approximate surface area is 135 Å². The lowest BCUT2D eigenvalue weighted by Crippen LogP contribution is -2.33. The number of carbonyl (C=O) groups is 2. The predicted molar refractivity (Wildman–Crippen MR) is 85.9 cm³/mol. The maximum atomic E-state index is 12.8. The van der Waals surface area contributed by atoms with Crippen molar-refractivity contribution in [3.8, 4) is 0 Å². The molecule has 0 heterocycles. The van der Waals surface area contributed by atoms with E-state index < -0.39 is 0 Å². The van der Waals surface area contributed by atoms with Gasteiger partial charge in [-0.05, 0) is 45.8 Å². The van der Waals surface area contributed by atoms with Crippen molar-refractivity contribution in [1.82, 2.24) is 5.32 Å². The van der Waals surface area contributed by atoms with Gasteiger partial charge in [-0.25, -0.2) is 4.39 Å². The molecule has 2 rings (SSSR count). The maximum Gasteiger partial charge on any atom is 0.243 e. The summed E-state index contributed by atoms with van der Waals surface area (Å²) in [6.07, 6.45) is 0.0998. The van der Waals surface area contributed by atoms with E-state index in [0.717, 1.165) is 4.47 Å². The van der Waals surface area contributed by atoms with Crippen LogP contribution in [0, 0.1) is 5.82 Å². The minimum absolute atomic E-state index is 0.0998. The van der Waals surface area contributed by atoms with Crippen molar-refractivity contribution < 1.29 is 14.0 Å². The number of amides is 2. The van der Waals surface area contributed by atoms with Gasteiger partial charge in [0.25, 0.3) is 0 Å². The topological polar surface area (TPSA) is 58.2 Å². The van der Waals surface area contributed by atoms with Crippen LogP contribution in [0.5, 0.6) is 0 Å². The highest BCUT2D eigenvalue weighted by Gasteiger charge is 2.08. The Balaban J connectivity index is 1.79. The van der Waals surface area contributed by atoms with Crippen molar-refractivity contribution in [3.05, 3.63) is 64.4 Å². The van der Waals surface area contributed by atoms with E-state index >= 15 is 0 Å². The quantitative estimate of drug-likeness (QED) is 0.856. The van der Waals surface area contributed by atoms with Gasteiger partial charge >= 0.3 is 0 Å². The molecule has 0 radical (unpaired) electrons. The fraction of sp³-hybridized carbons (Fsp3) is 0.125. The van der Waals surface area contributed by atoms with Crippen molar-refractivity contribution in [2.24, 2.45) is 0 Å². The van der Waals surface area contributed by atoms with Gasteiger partial charge in [0.15, 0.2) is 0 Å². The van der Waals surface area contributed by atoms with E-state index in [2.05, 4.69) is 26.6 Å². The normalized spacial score (nSPS) is 10.1. The summed E-state index contributed by atoms with van der Waals surface area (Å²) in [5.41, 5.74) is 1.32. The van der Waals surface area contributed by atoms with Crippen LogP contribution in [-0.4, -0.2) is 18.4 Å². The van der Waals surface area contributed by atoms with E-state index in [1.807, 2.05) is 12.1 Å². The van der Waals surface area contributed by atoms with E-state index in [1.54, 1.807) is 12.1 Å². The Bertz CT molecular complexity index is 674. The van der Waals surface area contributed by atoms with Gasteiger partial charge in [0, 0.05) is 4.47 Å². The molecular weight excluding hydrogens is 351 g/mol. The first-order valence-corrected chi connectivity index (χ1v) is 7.39. The minimum atomic E-state index is -0.350. The maximum absolute atomic E-state index is 12.8. The summed E-state index contributed by atoms with van der Waals surface area (Å²) in [7, 11) is 0. The third-order valence-corrected chi connectivity index (χ3v) is 3.56. The Kier molecular flexibility index (Phi) is 5.66. The largest absolute Gasteiger partial charge is 0.347 e. The Morgan fingerprint density at radius 2 is 1.68 bits per heavy atom. The number of carbonyl (C=O) groups excluding carboxylic acids is 2. The second-order valence-electron chi connectivity index (χ2n) is 4.61. The predicted octanol–water partition coefficient (Wildman–Crippen LogP) is 2.89. The van der Waals surface area contributed by atoms with E-state index in [0.29, 0.717) is 11.3 Å². The summed E-state index contributed by atoms with van der Waals surface area (Å²) in [6, 6.07) is 12.9. The lowest BCUT2D eigenvalue weighted by atomic mass is 10.1. The first kappa shape index (κ1) is 16.2. The summed E-state index contributed by atoms with van der Waals surface area (Å²) in [5.74, 6) is -0.967.